The van der Waals surface area contributed by atoms with Gasteiger partial charge < -0.3 is 9.64 Å². The first-order valence-electron chi connectivity index (χ1n) is 5.01. The Kier molecular flexibility index (Phi) is 3.72. The minimum atomic E-state index is 0.0977. The fourth-order valence-corrected chi connectivity index (χ4v) is 1.55. The molecule has 0 aromatic heterocycles. The molecule has 0 aromatic carbocycles. The van der Waals surface area contributed by atoms with Crippen LogP contribution in [0.5, 0.6) is 0 Å². The van der Waals surface area contributed by atoms with Gasteiger partial charge in [-0.2, -0.15) is 0 Å². The Balaban J connectivity index is 2.58. The summed E-state index contributed by atoms with van der Waals surface area (Å²) in [5.41, 5.74) is 0. The van der Waals surface area contributed by atoms with Crippen LogP contribution in [-0.4, -0.2) is 36.6 Å². The van der Waals surface area contributed by atoms with Crippen LogP contribution in [0.3, 0.4) is 0 Å². The highest BCUT2D eigenvalue weighted by Crippen LogP contribution is 2.12. The summed E-state index contributed by atoms with van der Waals surface area (Å²) < 4.78 is 5.33. The van der Waals surface area contributed by atoms with Gasteiger partial charge in [0, 0.05) is 25.1 Å². The molecule has 3 heteroatoms. The molecule has 1 rings (SSSR count). The lowest BCUT2D eigenvalue weighted by Crippen LogP contribution is -2.41. The van der Waals surface area contributed by atoms with Gasteiger partial charge in [0.2, 0.25) is 5.91 Å². The summed E-state index contributed by atoms with van der Waals surface area (Å²) in [5, 5.41) is 0. The normalized spacial score (nSPS) is 24.6. The maximum Gasteiger partial charge on any atom is 0.225 e. The topological polar surface area (TPSA) is 29.5 Å². The van der Waals surface area contributed by atoms with Crippen LogP contribution in [0.25, 0.3) is 0 Å². The molecule has 0 aromatic rings. The van der Waals surface area contributed by atoms with Crippen LogP contribution in [0.15, 0.2) is 0 Å². The zero-order valence-corrected chi connectivity index (χ0v) is 8.75. The van der Waals surface area contributed by atoms with E-state index >= 15 is 0 Å². The standard InChI is InChI=1S/C10H19NO2/c1-8(2)10(12)11-5-7-13-6-4-9(11)3/h8-9H,4-7H2,1-3H3. The van der Waals surface area contributed by atoms with Gasteiger partial charge in [0.25, 0.3) is 0 Å². The van der Waals surface area contributed by atoms with Gasteiger partial charge in [-0.15, -0.1) is 0 Å². The van der Waals surface area contributed by atoms with Crippen LogP contribution in [0.4, 0.5) is 0 Å². The van der Waals surface area contributed by atoms with E-state index in [0.29, 0.717) is 12.6 Å². The molecule has 1 unspecified atom stereocenters. The van der Waals surface area contributed by atoms with Gasteiger partial charge in [-0.25, -0.2) is 0 Å². The van der Waals surface area contributed by atoms with Crippen molar-refractivity contribution in [1.82, 2.24) is 4.90 Å². The Morgan fingerprint density at radius 3 is 2.77 bits per heavy atom. The van der Waals surface area contributed by atoms with Crippen LogP contribution in [0.2, 0.25) is 0 Å². The summed E-state index contributed by atoms with van der Waals surface area (Å²) in [5.74, 6) is 0.346. The van der Waals surface area contributed by atoms with Crippen molar-refractivity contribution < 1.29 is 9.53 Å². The average Bonchev–Trinajstić information content (AvgIpc) is 2.28. The van der Waals surface area contributed by atoms with Crippen LogP contribution >= 0.6 is 0 Å². The third kappa shape index (κ3) is 2.69. The smallest absolute Gasteiger partial charge is 0.225 e. The molecule has 76 valence electrons. The summed E-state index contributed by atoms with van der Waals surface area (Å²) in [7, 11) is 0. The summed E-state index contributed by atoms with van der Waals surface area (Å²) in [6.07, 6.45) is 0.957. The van der Waals surface area contributed by atoms with E-state index in [-0.39, 0.29) is 11.8 Å². The van der Waals surface area contributed by atoms with E-state index < -0.39 is 0 Å². The number of hydrogen-bond donors (Lipinski definition) is 0. The second-order valence-corrected chi connectivity index (χ2v) is 3.94. The van der Waals surface area contributed by atoms with E-state index in [1.807, 2.05) is 18.7 Å². The molecule has 3 nitrogen and oxygen atoms in total. The molecule has 0 radical (unpaired) electrons. The maximum absolute atomic E-state index is 11.7. The summed E-state index contributed by atoms with van der Waals surface area (Å²) in [4.78, 5) is 13.7. The van der Waals surface area contributed by atoms with Gasteiger partial charge in [0.15, 0.2) is 0 Å². The Bertz CT molecular complexity index is 180. The molecule has 1 heterocycles. The van der Waals surface area contributed by atoms with Gasteiger partial charge in [-0.1, -0.05) is 13.8 Å². The van der Waals surface area contributed by atoms with Crippen LogP contribution in [0.1, 0.15) is 27.2 Å². The first kappa shape index (κ1) is 10.5. The SMILES string of the molecule is CC(C)C(=O)N1CCOCCC1C. The van der Waals surface area contributed by atoms with Gasteiger partial charge in [0.05, 0.1) is 6.61 Å². The second-order valence-electron chi connectivity index (χ2n) is 3.94. The summed E-state index contributed by atoms with van der Waals surface area (Å²) >= 11 is 0. The molecule has 1 fully saturated rings. The van der Waals surface area contributed by atoms with Crippen molar-refractivity contribution in [2.24, 2.45) is 5.92 Å². The highest BCUT2D eigenvalue weighted by atomic mass is 16.5. The van der Waals surface area contributed by atoms with Crippen molar-refractivity contribution in [3.8, 4) is 0 Å². The fourth-order valence-electron chi connectivity index (χ4n) is 1.55. The summed E-state index contributed by atoms with van der Waals surface area (Å²) in [6, 6.07) is 0.331. The predicted molar refractivity (Wildman–Crippen MR) is 51.4 cm³/mol. The molecular weight excluding hydrogens is 166 g/mol. The molecule has 1 saturated heterocycles. The van der Waals surface area contributed by atoms with E-state index in [9.17, 15) is 4.79 Å². The number of nitrogens with zero attached hydrogens (tertiary/aromatic N) is 1. The van der Waals surface area contributed by atoms with Crippen molar-refractivity contribution in [3.05, 3.63) is 0 Å². The van der Waals surface area contributed by atoms with Gasteiger partial charge >= 0.3 is 0 Å². The largest absolute Gasteiger partial charge is 0.380 e. The fraction of sp³-hybridized carbons (Fsp3) is 0.900. The van der Waals surface area contributed by atoms with Gasteiger partial charge in [-0.3, -0.25) is 4.79 Å². The number of amides is 1. The van der Waals surface area contributed by atoms with Crippen LogP contribution in [0, 0.1) is 5.92 Å². The van der Waals surface area contributed by atoms with E-state index in [1.165, 1.54) is 0 Å². The Morgan fingerprint density at radius 1 is 1.46 bits per heavy atom. The molecule has 0 N–H and O–H groups in total. The van der Waals surface area contributed by atoms with Crippen LogP contribution < -0.4 is 0 Å². The van der Waals surface area contributed by atoms with Gasteiger partial charge in [-0.05, 0) is 13.3 Å². The number of carbonyl (C=O) groups is 1. The monoisotopic (exact) mass is 185 g/mol. The number of ether oxygens (including phenoxy) is 1. The first-order valence-corrected chi connectivity index (χ1v) is 5.01. The maximum atomic E-state index is 11.7. The molecule has 0 spiro atoms. The summed E-state index contributed by atoms with van der Waals surface area (Å²) in [6.45, 7) is 8.20. The lowest BCUT2D eigenvalue weighted by Gasteiger charge is -2.28. The highest BCUT2D eigenvalue weighted by Gasteiger charge is 2.23. The average molecular weight is 185 g/mol. The van der Waals surface area contributed by atoms with E-state index in [1.54, 1.807) is 0 Å². The molecule has 13 heavy (non-hydrogen) atoms. The Morgan fingerprint density at radius 2 is 2.15 bits per heavy atom. The molecule has 0 saturated carbocycles. The van der Waals surface area contributed by atoms with E-state index in [0.717, 1.165) is 19.6 Å². The van der Waals surface area contributed by atoms with Crippen molar-refractivity contribution in [2.45, 2.75) is 33.2 Å². The molecule has 1 aliphatic rings. The van der Waals surface area contributed by atoms with Crippen LogP contribution in [-0.2, 0) is 9.53 Å². The van der Waals surface area contributed by atoms with Crippen molar-refractivity contribution in [1.29, 1.82) is 0 Å². The quantitative estimate of drug-likeness (QED) is 0.616. The van der Waals surface area contributed by atoms with Crippen molar-refractivity contribution >= 4 is 5.91 Å². The van der Waals surface area contributed by atoms with E-state index in [2.05, 4.69) is 6.92 Å². The number of hydrogen-bond acceptors (Lipinski definition) is 2. The number of carbonyl (C=O) groups excluding carboxylic acids is 1. The first-order chi connectivity index (χ1) is 6.13. The number of rotatable bonds is 1. The highest BCUT2D eigenvalue weighted by molar-refractivity contribution is 5.78. The Labute approximate surface area is 80.1 Å². The molecular formula is C10H19NO2. The predicted octanol–water partition coefficient (Wildman–Crippen LogP) is 1.28. The lowest BCUT2D eigenvalue weighted by molar-refractivity contribution is -0.136. The third-order valence-electron chi connectivity index (χ3n) is 2.47. The van der Waals surface area contributed by atoms with Crippen molar-refractivity contribution in [3.63, 3.8) is 0 Å². The minimum absolute atomic E-state index is 0.0977. The molecule has 0 bridgehead atoms. The molecule has 1 atom stereocenters. The van der Waals surface area contributed by atoms with E-state index in [4.69, 9.17) is 4.74 Å². The molecule has 0 aliphatic carbocycles. The molecule has 1 amide bonds. The van der Waals surface area contributed by atoms with Gasteiger partial charge in [0.1, 0.15) is 0 Å². The lowest BCUT2D eigenvalue weighted by atomic mass is 10.1. The zero-order valence-electron chi connectivity index (χ0n) is 8.75. The second kappa shape index (κ2) is 4.61. The zero-order chi connectivity index (χ0) is 9.84. The molecule has 1 aliphatic heterocycles. The minimum Gasteiger partial charge on any atom is -0.380 e. The van der Waals surface area contributed by atoms with Crippen molar-refractivity contribution in [2.75, 3.05) is 19.8 Å². The third-order valence-corrected chi connectivity index (χ3v) is 2.47. The Hall–Kier alpha value is -0.570.